The van der Waals surface area contributed by atoms with Crippen LogP contribution in [0.25, 0.3) is 0 Å². The van der Waals surface area contributed by atoms with Gasteiger partial charge in [0.15, 0.2) is 0 Å². The predicted molar refractivity (Wildman–Crippen MR) is 93.1 cm³/mol. The first kappa shape index (κ1) is 16.0. The third-order valence-corrected chi connectivity index (χ3v) is 5.91. The van der Waals surface area contributed by atoms with Crippen molar-refractivity contribution in [3.05, 3.63) is 59.7 Å². The Morgan fingerprint density at radius 2 is 1.74 bits per heavy atom. The number of rotatable bonds is 4. The summed E-state index contributed by atoms with van der Waals surface area (Å²) in [5.41, 5.74) is 3.02. The molecule has 0 aliphatic carbocycles. The molecule has 0 amide bonds. The maximum atomic E-state index is 13.0. The second-order valence-electron chi connectivity index (χ2n) is 6.19. The topological polar surface area (TPSA) is 40.6 Å². The molecule has 3 rings (SSSR count). The van der Waals surface area contributed by atoms with E-state index in [0.29, 0.717) is 11.4 Å². The van der Waals surface area contributed by atoms with Gasteiger partial charge in [-0.15, -0.1) is 0 Å². The number of aryl methyl sites for hydroxylation is 1. The first-order chi connectivity index (χ1) is 11.0. The van der Waals surface area contributed by atoms with Crippen molar-refractivity contribution in [1.29, 1.82) is 0 Å². The Morgan fingerprint density at radius 1 is 1.04 bits per heavy atom. The highest BCUT2D eigenvalue weighted by molar-refractivity contribution is 7.92. The molecule has 5 heteroatoms. The Kier molecular flexibility index (Phi) is 4.41. The molecular formula is C18H22N2O2S. The van der Waals surface area contributed by atoms with Crippen molar-refractivity contribution in [2.24, 2.45) is 0 Å². The van der Waals surface area contributed by atoms with Gasteiger partial charge in [-0.2, -0.15) is 0 Å². The van der Waals surface area contributed by atoms with Crippen LogP contribution in [0.2, 0.25) is 0 Å². The fourth-order valence-corrected chi connectivity index (χ4v) is 4.55. The molecule has 0 fully saturated rings. The van der Waals surface area contributed by atoms with Crippen LogP contribution in [0.15, 0.2) is 53.4 Å². The highest BCUT2D eigenvalue weighted by Gasteiger charge is 2.28. The van der Waals surface area contributed by atoms with Crippen LogP contribution in [-0.2, 0) is 23.0 Å². The summed E-state index contributed by atoms with van der Waals surface area (Å²) in [5.74, 6) is 0. The summed E-state index contributed by atoms with van der Waals surface area (Å²) in [6, 6.07) is 15.0. The van der Waals surface area contributed by atoms with Gasteiger partial charge in [-0.1, -0.05) is 30.3 Å². The summed E-state index contributed by atoms with van der Waals surface area (Å²) in [5, 5.41) is 0. The highest BCUT2D eigenvalue weighted by atomic mass is 32.2. The minimum atomic E-state index is -3.50. The molecule has 2 aromatic rings. The van der Waals surface area contributed by atoms with Gasteiger partial charge in [0.1, 0.15) is 0 Å². The van der Waals surface area contributed by atoms with E-state index in [1.54, 1.807) is 16.4 Å². The van der Waals surface area contributed by atoms with E-state index in [0.717, 1.165) is 36.2 Å². The van der Waals surface area contributed by atoms with Gasteiger partial charge in [0, 0.05) is 13.1 Å². The van der Waals surface area contributed by atoms with Gasteiger partial charge >= 0.3 is 0 Å². The van der Waals surface area contributed by atoms with E-state index in [9.17, 15) is 8.42 Å². The van der Waals surface area contributed by atoms with Crippen LogP contribution in [0.1, 0.15) is 17.5 Å². The van der Waals surface area contributed by atoms with Crippen molar-refractivity contribution in [2.75, 3.05) is 24.9 Å². The summed E-state index contributed by atoms with van der Waals surface area (Å²) < 4.78 is 27.5. The Labute approximate surface area is 138 Å². The number of para-hydroxylation sites is 1. The molecule has 122 valence electrons. The van der Waals surface area contributed by atoms with Crippen LogP contribution >= 0.6 is 0 Å². The minimum Gasteiger partial charge on any atom is -0.305 e. The van der Waals surface area contributed by atoms with Gasteiger partial charge in [-0.05, 0) is 56.3 Å². The van der Waals surface area contributed by atoms with Gasteiger partial charge in [-0.3, -0.25) is 4.31 Å². The van der Waals surface area contributed by atoms with Crippen LogP contribution < -0.4 is 4.31 Å². The SMILES string of the molecule is CN(C)Cc1ccc(S(=O)(=O)N2CCCc3ccccc32)cc1. The number of hydrogen-bond donors (Lipinski definition) is 0. The quantitative estimate of drug-likeness (QED) is 0.865. The minimum absolute atomic E-state index is 0.358. The molecule has 1 aliphatic heterocycles. The third-order valence-electron chi connectivity index (χ3n) is 4.08. The van der Waals surface area contributed by atoms with Gasteiger partial charge in [0.05, 0.1) is 10.6 Å². The number of sulfonamides is 1. The molecule has 2 aromatic carbocycles. The fourth-order valence-electron chi connectivity index (χ4n) is 3.01. The summed E-state index contributed by atoms with van der Waals surface area (Å²) in [4.78, 5) is 2.42. The summed E-state index contributed by atoms with van der Waals surface area (Å²) in [6.45, 7) is 1.34. The summed E-state index contributed by atoms with van der Waals surface area (Å²) >= 11 is 0. The number of fused-ring (bicyclic) bond motifs is 1. The number of nitrogens with zero attached hydrogens (tertiary/aromatic N) is 2. The van der Waals surface area contributed by atoms with Crippen molar-refractivity contribution in [3.8, 4) is 0 Å². The molecule has 0 saturated heterocycles. The molecule has 0 saturated carbocycles. The van der Waals surface area contributed by atoms with Crippen molar-refractivity contribution >= 4 is 15.7 Å². The van der Waals surface area contributed by atoms with E-state index in [1.165, 1.54) is 0 Å². The Morgan fingerprint density at radius 3 is 2.43 bits per heavy atom. The lowest BCUT2D eigenvalue weighted by atomic mass is 10.0. The molecule has 0 radical (unpaired) electrons. The fraction of sp³-hybridized carbons (Fsp3) is 0.333. The maximum absolute atomic E-state index is 13.0. The highest BCUT2D eigenvalue weighted by Crippen LogP contribution is 2.31. The molecule has 1 heterocycles. The maximum Gasteiger partial charge on any atom is 0.264 e. The second-order valence-corrected chi connectivity index (χ2v) is 8.05. The van der Waals surface area contributed by atoms with Crippen LogP contribution in [0, 0.1) is 0 Å². The van der Waals surface area contributed by atoms with Crippen LogP contribution in [0.3, 0.4) is 0 Å². The normalized spacial score (nSPS) is 14.8. The third kappa shape index (κ3) is 3.26. The Balaban J connectivity index is 1.93. The van der Waals surface area contributed by atoms with E-state index in [4.69, 9.17) is 0 Å². The zero-order valence-electron chi connectivity index (χ0n) is 13.6. The number of hydrogen-bond acceptors (Lipinski definition) is 3. The Hall–Kier alpha value is -1.85. The smallest absolute Gasteiger partial charge is 0.264 e. The molecule has 4 nitrogen and oxygen atoms in total. The van der Waals surface area contributed by atoms with Crippen molar-refractivity contribution in [2.45, 2.75) is 24.3 Å². The number of anilines is 1. The first-order valence-corrected chi connectivity index (χ1v) is 9.27. The zero-order chi connectivity index (χ0) is 16.4. The molecule has 23 heavy (non-hydrogen) atoms. The van der Waals surface area contributed by atoms with E-state index < -0.39 is 10.0 Å². The summed E-state index contributed by atoms with van der Waals surface area (Å²) in [6.07, 6.45) is 1.79. The standard InChI is InChI=1S/C18H22N2O2S/c1-19(2)14-15-9-11-17(12-10-15)23(21,22)20-13-5-7-16-6-3-4-8-18(16)20/h3-4,6,8-12H,5,7,13-14H2,1-2H3. The van der Waals surface area contributed by atoms with E-state index in [1.807, 2.05) is 50.5 Å². The largest absolute Gasteiger partial charge is 0.305 e. The lowest BCUT2D eigenvalue weighted by Crippen LogP contribution is -2.35. The van der Waals surface area contributed by atoms with Crippen molar-refractivity contribution < 1.29 is 8.42 Å². The Bertz CT molecular complexity index is 783. The average Bonchev–Trinajstić information content (AvgIpc) is 2.54. The molecular weight excluding hydrogens is 308 g/mol. The molecule has 0 N–H and O–H groups in total. The summed E-state index contributed by atoms with van der Waals surface area (Å²) in [7, 11) is 0.490. The molecule has 0 atom stereocenters. The molecule has 0 unspecified atom stereocenters. The zero-order valence-corrected chi connectivity index (χ0v) is 14.4. The van der Waals surface area contributed by atoms with Crippen LogP contribution in [0.5, 0.6) is 0 Å². The van der Waals surface area contributed by atoms with Crippen LogP contribution in [-0.4, -0.2) is 34.0 Å². The lowest BCUT2D eigenvalue weighted by Gasteiger charge is -2.30. The number of benzene rings is 2. The van der Waals surface area contributed by atoms with Gasteiger partial charge in [-0.25, -0.2) is 8.42 Å². The molecule has 0 spiro atoms. The average molecular weight is 330 g/mol. The van der Waals surface area contributed by atoms with Crippen molar-refractivity contribution in [3.63, 3.8) is 0 Å². The van der Waals surface area contributed by atoms with Gasteiger partial charge in [0.2, 0.25) is 0 Å². The van der Waals surface area contributed by atoms with E-state index in [-0.39, 0.29) is 0 Å². The second kappa shape index (κ2) is 6.34. The van der Waals surface area contributed by atoms with Gasteiger partial charge in [0.25, 0.3) is 10.0 Å². The first-order valence-electron chi connectivity index (χ1n) is 7.83. The molecule has 0 aromatic heterocycles. The lowest BCUT2D eigenvalue weighted by molar-refractivity contribution is 0.402. The monoisotopic (exact) mass is 330 g/mol. The molecule has 0 bridgehead atoms. The van der Waals surface area contributed by atoms with E-state index in [2.05, 4.69) is 4.90 Å². The molecule has 1 aliphatic rings. The van der Waals surface area contributed by atoms with Crippen LogP contribution in [0.4, 0.5) is 5.69 Å². The van der Waals surface area contributed by atoms with Crippen molar-refractivity contribution in [1.82, 2.24) is 4.90 Å². The van der Waals surface area contributed by atoms with E-state index >= 15 is 0 Å². The van der Waals surface area contributed by atoms with Gasteiger partial charge < -0.3 is 4.90 Å². The predicted octanol–water partition coefficient (Wildman–Crippen LogP) is 2.89.